The van der Waals surface area contributed by atoms with E-state index >= 15 is 0 Å². The van der Waals surface area contributed by atoms with Crippen LogP contribution in [0.4, 0.5) is 11.5 Å². The van der Waals surface area contributed by atoms with Crippen LogP contribution in [0, 0.1) is 10.1 Å². The standard InChI is InChI=1S/C12H14N6O3/c19-12-14-10(15-16-12)8-3-2-6-17(7-8)11-9(18(20)21)4-1-5-13-11/h1,4-5,8H,2-3,6-7H2,(H2,14,15,16,19)/t8-/m1/s1. The maximum atomic E-state index is 11.1. The molecule has 3 heterocycles. The van der Waals surface area contributed by atoms with Crippen LogP contribution < -0.4 is 10.6 Å². The molecule has 1 saturated heterocycles. The van der Waals surface area contributed by atoms with Gasteiger partial charge in [-0.1, -0.05) is 0 Å². The minimum Gasteiger partial charge on any atom is -0.350 e. The van der Waals surface area contributed by atoms with E-state index in [0.717, 1.165) is 12.8 Å². The molecular weight excluding hydrogens is 276 g/mol. The molecule has 0 spiro atoms. The fourth-order valence-corrected chi connectivity index (χ4v) is 2.64. The highest BCUT2D eigenvalue weighted by atomic mass is 16.6. The summed E-state index contributed by atoms with van der Waals surface area (Å²) < 4.78 is 0. The summed E-state index contributed by atoms with van der Waals surface area (Å²) in [5.74, 6) is 0.979. The molecule has 0 amide bonds. The second kappa shape index (κ2) is 5.35. The van der Waals surface area contributed by atoms with Crippen molar-refractivity contribution in [2.75, 3.05) is 18.0 Å². The molecule has 2 aromatic rings. The number of aromatic nitrogens is 4. The summed E-state index contributed by atoms with van der Waals surface area (Å²) in [4.78, 5) is 30.5. The molecular formula is C12H14N6O3. The largest absolute Gasteiger partial charge is 0.350 e. The number of nitrogens with one attached hydrogen (secondary N) is 2. The van der Waals surface area contributed by atoms with Crippen molar-refractivity contribution in [2.45, 2.75) is 18.8 Å². The minimum atomic E-state index is -0.428. The highest BCUT2D eigenvalue weighted by Crippen LogP contribution is 2.31. The van der Waals surface area contributed by atoms with E-state index in [4.69, 9.17) is 0 Å². The summed E-state index contributed by atoms with van der Waals surface area (Å²) in [6.45, 7) is 1.24. The number of anilines is 1. The number of hydrogen-bond donors (Lipinski definition) is 2. The Morgan fingerprint density at radius 3 is 3.05 bits per heavy atom. The summed E-state index contributed by atoms with van der Waals surface area (Å²) in [6.07, 6.45) is 3.27. The van der Waals surface area contributed by atoms with Crippen LogP contribution in [0.25, 0.3) is 0 Å². The molecule has 110 valence electrons. The van der Waals surface area contributed by atoms with Gasteiger partial charge >= 0.3 is 11.4 Å². The Kier molecular flexibility index (Phi) is 3.38. The topological polar surface area (TPSA) is 121 Å². The maximum absolute atomic E-state index is 11.1. The molecule has 0 bridgehead atoms. The van der Waals surface area contributed by atoms with E-state index in [0.29, 0.717) is 24.7 Å². The van der Waals surface area contributed by atoms with E-state index in [1.54, 1.807) is 12.3 Å². The van der Waals surface area contributed by atoms with E-state index in [1.165, 1.54) is 6.07 Å². The molecule has 0 unspecified atom stereocenters. The molecule has 2 aromatic heterocycles. The van der Waals surface area contributed by atoms with Crippen LogP contribution >= 0.6 is 0 Å². The molecule has 1 aliphatic rings. The quantitative estimate of drug-likeness (QED) is 0.636. The number of rotatable bonds is 3. The van der Waals surface area contributed by atoms with Crippen molar-refractivity contribution in [1.82, 2.24) is 20.2 Å². The van der Waals surface area contributed by atoms with Gasteiger partial charge in [0, 0.05) is 31.3 Å². The Morgan fingerprint density at radius 2 is 2.33 bits per heavy atom. The normalized spacial score (nSPS) is 18.7. The number of aromatic amines is 2. The predicted octanol–water partition coefficient (Wildman–Crippen LogP) is 0.785. The Morgan fingerprint density at radius 1 is 1.48 bits per heavy atom. The smallest absolute Gasteiger partial charge is 0.340 e. The van der Waals surface area contributed by atoms with Crippen LogP contribution in [-0.4, -0.2) is 38.2 Å². The van der Waals surface area contributed by atoms with E-state index in [2.05, 4.69) is 20.2 Å². The molecule has 9 nitrogen and oxygen atoms in total. The van der Waals surface area contributed by atoms with E-state index in [-0.39, 0.29) is 17.3 Å². The second-order valence-corrected chi connectivity index (χ2v) is 4.95. The highest BCUT2D eigenvalue weighted by Gasteiger charge is 2.28. The van der Waals surface area contributed by atoms with Crippen molar-refractivity contribution < 1.29 is 4.92 Å². The first kappa shape index (κ1) is 13.3. The monoisotopic (exact) mass is 290 g/mol. The third kappa shape index (κ3) is 2.62. The van der Waals surface area contributed by atoms with Gasteiger partial charge in [-0.05, 0) is 18.9 Å². The van der Waals surface area contributed by atoms with Crippen molar-refractivity contribution >= 4 is 11.5 Å². The van der Waals surface area contributed by atoms with Crippen LogP contribution in [-0.2, 0) is 0 Å². The summed E-state index contributed by atoms with van der Waals surface area (Å²) >= 11 is 0. The summed E-state index contributed by atoms with van der Waals surface area (Å²) in [6, 6.07) is 3.00. The summed E-state index contributed by atoms with van der Waals surface area (Å²) in [7, 11) is 0. The number of piperidine rings is 1. The number of nitrogens with zero attached hydrogens (tertiary/aromatic N) is 4. The Labute approximate surface area is 119 Å². The lowest BCUT2D eigenvalue weighted by Crippen LogP contribution is -2.35. The third-order valence-corrected chi connectivity index (χ3v) is 3.59. The van der Waals surface area contributed by atoms with E-state index < -0.39 is 4.92 Å². The van der Waals surface area contributed by atoms with Gasteiger partial charge in [0.05, 0.1) is 4.92 Å². The van der Waals surface area contributed by atoms with Crippen molar-refractivity contribution in [2.24, 2.45) is 0 Å². The van der Waals surface area contributed by atoms with Crippen molar-refractivity contribution in [3.63, 3.8) is 0 Å². The van der Waals surface area contributed by atoms with Gasteiger partial charge in [0.2, 0.25) is 5.82 Å². The number of nitro groups is 1. The molecule has 0 aromatic carbocycles. The third-order valence-electron chi connectivity index (χ3n) is 3.59. The molecule has 0 saturated carbocycles. The SMILES string of the molecule is O=c1[nH]nc([C@@H]2CCCN(c3ncccc3[N+](=O)[O-])C2)[nH]1. The summed E-state index contributed by atoms with van der Waals surface area (Å²) in [5, 5.41) is 17.4. The zero-order valence-electron chi connectivity index (χ0n) is 11.2. The van der Waals surface area contributed by atoms with Crippen molar-refractivity contribution in [3.8, 4) is 0 Å². The zero-order valence-corrected chi connectivity index (χ0v) is 11.2. The Balaban J connectivity index is 1.87. The van der Waals surface area contributed by atoms with Gasteiger partial charge in [-0.3, -0.25) is 15.1 Å². The van der Waals surface area contributed by atoms with Crippen molar-refractivity contribution in [1.29, 1.82) is 0 Å². The lowest BCUT2D eigenvalue weighted by atomic mass is 9.97. The number of hydrogen-bond acceptors (Lipinski definition) is 6. The molecule has 1 aliphatic heterocycles. The molecule has 1 fully saturated rings. The van der Waals surface area contributed by atoms with Crippen LogP contribution in [0.1, 0.15) is 24.6 Å². The average Bonchev–Trinajstić information content (AvgIpc) is 2.94. The predicted molar refractivity (Wildman–Crippen MR) is 74.3 cm³/mol. The van der Waals surface area contributed by atoms with E-state index in [9.17, 15) is 14.9 Å². The van der Waals surface area contributed by atoms with Crippen LogP contribution in [0.3, 0.4) is 0 Å². The highest BCUT2D eigenvalue weighted by molar-refractivity contribution is 5.57. The minimum absolute atomic E-state index is 0.00586. The number of pyridine rings is 1. The van der Waals surface area contributed by atoms with Gasteiger partial charge in [-0.2, -0.15) is 5.10 Å². The zero-order chi connectivity index (χ0) is 14.8. The molecule has 1 atom stereocenters. The summed E-state index contributed by atoms with van der Waals surface area (Å²) in [5.41, 5.74) is -0.348. The molecule has 0 aliphatic carbocycles. The van der Waals surface area contributed by atoms with Crippen LogP contribution in [0.15, 0.2) is 23.1 Å². The van der Waals surface area contributed by atoms with Gasteiger partial charge in [-0.25, -0.2) is 14.9 Å². The molecule has 3 rings (SSSR count). The second-order valence-electron chi connectivity index (χ2n) is 4.95. The van der Waals surface area contributed by atoms with E-state index in [1.807, 2.05) is 4.90 Å². The number of H-pyrrole nitrogens is 2. The first-order valence-corrected chi connectivity index (χ1v) is 6.64. The molecule has 2 N–H and O–H groups in total. The lowest BCUT2D eigenvalue weighted by Gasteiger charge is -2.32. The fraction of sp³-hybridized carbons (Fsp3) is 0.417. The first-order chi connectivity index (χ1) is 10.1. The Bertz CT molecular complexity index is 709. The van der Waals surface area contributed by atoms with Crippen LogP contribution in [0.5, 0.6) is 0 Å². The van der Waals surface area contributed by atoms with Crippen LogP contribution in [0.2, 0.25) is 0 Å². The van der Waals surface area contributed by atoms with Gasteiger partial charge in [0.15, 0.2) is 0 Å². The molecule has 0 radical (unpaired) electrons. The van der Waals surface area contributed by atoms with Gasteiger partial charge in [-0.15, -0.1) is 0 Å². The fourth-order valence-electron chi connectivity index (χ4n) is 2.64. The Hall–Kier alpha value is -2.71. The maximum Gasteiger partial charge on any atom is 0.340 e. The molecule has 9 heteroatoms. The first-order valence-electron chi connectivity index (χ1n) is 6.64. The van der Waals surface area contributed by atoms with Crippen molar-refractivity contribution in [3.05, 3.63) is 44.8 Å². The molecule has 21 heavy (non-hydrogen) atoms. The van der Waals surface area contributed by atoms with Gasteiger partial charge in [0.1, 0.15) is 5.82 Å². The van der Waals surface area contributed by atoms with Gasteiger partial charge in [0.25, 0.3) is 0 Å². The average molecular weight is 290 g/mol. The lowest BCUT2D eigenvalue weighted by molar-refractivity contribution is -0.384. The van der Waals surface area contributed by atoms with Gasteiger partial charge < -0.3 is 4.90 Å².